The number of thiazole rings is 1. The predicted molar refractivity (Wildman–Crippen MR) is 69.5 cm³/mol. The van der Waals surface area contributed by atoms with Crippen molar-refractivity contribution in [1.82, 2.24) is 4.98 Å². The molecule has 0 radical (unpaired) electrons. The lowest BCUT2D eigenvalue weighted by atomic mass is 9.91. The zero-order chi connectivity index (χ0) is 13.4. The zero-order valence-corrected chi connectivity index (χ0v) is 11.8. The van der Waals surface area contributed by atoms with Gasteiger partial charge in [0.05, 0.1) is 11.7 Å². The van der Waals surface area contributed by atoms with Crippen molar-refractivity contribution in [1.29, 1.82) is 0 Å². The summed E-state index contributed by atoms with van der Waals surface area (Å²) >= 11 is 1.20. The Kier molecular flexibility index (Phi) is 3.94. The molecule has 5 heteroatoms. The van der Waals surface area contributed by atoms with Crippen LogP contribution in [-0.4, -0.2) is 16.1 Å². The summed E-state index contributed by atoms with van der Waals surface area (Å²) in [6.07, 6.45) is 0. The minimum Gasteiger partial charge on any atom is -0.477 e. The van der Waals surface area contributed by atoms with E-state index < -0.39 is 5.97 Å². The number of rotatable bonds is 3. The summed E-state index contributed by atoms with van der Waals surface area (Å²) in [7, 11) is 0. The van der Waals surface area contributed by atoms with Crippen molar-refractivity contribution in [3.8, 4) is 0 Å². The van der Waals surface area contributed by atoms with Crippen LogP contribution in [0.1, 0.15) is 61.0 Å². The average Bonchev–Trinajstić information content (AvgIpc) is 2.59. The first-order valence-corrected chi connectivity index (χ1v) is 6.46. The number of carbonyl (C=O) groups is 1. The molecule has 0 spiro atoms. The highest BCUT2D eigenvalue weighted by Crippen LogP contribution is 2.33. The van der Waals surface area contributed by atoms with Crippen LogP contribution in [0.4, 0.5) is 0 Å². The molecule has 0 saturated carbocycles. The van der Waals surface area contributed by atoms with E-state index in [1.54, 1.807) is 0 Å². The van der Waals surface area contributed by atoms with Crippen molar-refractivity contribution >= 4 is 17.3 Å². The summed E-state index contributed by atoms with van der Waals surface area (Å²) in [4.78, 5) is 15.9. The van der Waals surface area contributed by atoms with Gasteiger partial charge in [-0.2, -0.15) is 0 Å². The largest absolute Gasteiger partial charge is 0.477 e. The molecule has 96 valence electrons. The lowest BCUT2D eigenvalue weighted by molar-refractivity contribution is 0.0699. The Morgan fingerprint density at radius 1 is 1.41 bits per heavy atom. The molecule has 0 aliphatic carbocycles. The molecule has 0 aliphatic rings. The maximum atomic E-state index is 11.2. The Labute approximate surface area is 106 Å². The molecule has 1 rings (SSSR count). The minimum absolute atomic E-state index is 0.200. The number of aromatic carboxylic acids is 1. The van der Waals surface area contributed by atoms with Crippen molar-refractivity contribution < 1.29 is 9.90 Å². The molecule has 1 heterocycles. The molecule has 0 aliphatic heterocycles. The fourth-order valence-electron chi connectivity index (χ4n) is 1.42. The van der Waals surface area contributed by atoms with Gasteiger partial charge in [-0.1, -0.05) is 34.6 Å². The number of carboxylic acid groups (broad SMARTS) is 1. The highest BCUT2D eigenvalue weighted by Gasteiger charge is 2.28. The van der Waals surface area contributed by atoms with Gasteiger partial charge < -0.3 is 10.8 Å². The van der Waals surface area contributed by atoms with Gasteiger partial charge in [-0.3, -0.25) is 0 Å². The summed E-state index contributed by atoms with van der Waals surface area (Å²) in [5.74, 6) is -0.676. The van der Waals surface area contributed by atoms with E-state index >= 15 is 0 Å². The van der Waals surface area contributed by atoms with Crippen molar-refractivity contribution in [2.75, 3.05) is 0 Å². The number of hydrogen-bond donors (Lipinski definition) is 2. The first-order valence-electron chi connectivity index (χ1n) is 5.64. The van der Waals surface area contributed by atoms with Gasteiger partial charge in [-0.05, 0) is 5.92 Å². The number of nitrogens with two attached hydrogens (primary N) is 1. The number of hydrogen-bond acceptors (Lipinski definition) is 4. The van der Waals surface area contributed by atoms with E-state index in [1.807, 2.05) is 34.6 Å². The molecule has 17 heavy (non-hydrogen) atoms. The maximum Gasteiger partial charge on any atom is 0.347 e. The maximum absolute atomic E-state index is 11.2. The zero-order valence-electron chi connectivity index (χ0n) is 10.9. The molecule has 3 N–H and O–H groups in total. The van der Waals surface area contributed by atoms with Crippen LogP contribution in [0, 0.1) is 5.92 Å². The Bertz CT molecular complexity index is 419. The van der Waals surface area contributed by atoms with Gasteiger partial charge in [-0.25, -0.2) is 9.78 Å². The molecule has 1 aromatic heterocycles. The molecule has 4 nitrogen and oxygen atoms in total. The Hall–Kier alpha value is -0.940. The standard InChI is InChI=1S/C12H20N2O2S/c1-6(2)7(13)10-14-9(12(3,4)5)8(17-10)11(15)16/h6-7H,13H2,1-5H3,(H,15,16). The van der Waals surface area contributed by atoms with Crippen molar-refractivity contribution in [2.45, 2.75) is 46.1 Å². The lowest BCUT2D eigenvalue weighted by Crippen LogP contribution is -2.18. The number of nitrogens with zero attached hydrogens (tertiary/aromatic N) is 1. The van der Waals surface area contributed by atoms with Crippen LogP contribution in [0.25, 0.3) is 0 Å². The van der Waals surface area contributed by atoms with E-state index in [9.17, 15) is 9.90 Å². The van der Waals surface area contributed by atoms with Crippen molar-refractivity contribution in [3.63, 3.8) is 0 Å². The van der Waals surface area contributed by atoms with Crippen LogP contribution in [0.15, 0.2) is 0 Å². The fourth-order valence-corrected chi connectivity index (χ4v) is 2.71. The van der Waals surface area contributed by atoms with Gasteiger partial charge in [0, 0.05) is 5.41 Å². The van der Waals surface area contributed by atoms with E-state index in [-0.39, 0.29) is 17.4 Å². The molecular weight excluding hydrogens is 236 g/mol. The molecule has 0 aromatic carbocycles. The number of carboxylic acids is 1. The van der Waals surface area contributed by atoms with Gasteiger partial charge in [0.2, 0.25) is 0 Å². The van der Waals surface area contributed by atoms with Gasteiger partial charge in [-0.15, -0.1) is 11.3 Å². The van der Waals surface area contributed by atoms with Crippen LogP contribution < -0.4 is 5.73 Å². The SMILES string of the molecule is CC(C)C(N)c1nc(C(C)(C)C)c(C(=O)O)s1. The Balaban J connectivity index is 3.27. The van der Waals surface area contributed by atoms with Crippen LogP contribution in [0.2, 0.25) is 0 Å². The molecule has 0 fully saturated rings. The topological polar surface area (TPSA) is 76.2 Å². The quantitative estimate of drug-likeness (QED) is 0.872. The van der Waals surface area contributed by atoms with E-state index in [0.29, 0.717) is 15.6 Å². The molecule has 1 aromatic rings. The first-order chi connectivity index (χ1) is 7.64. The smallest absolute Gasteiger partial charge is 0.347 e. The Morgan fingerprint density at radius 2 is 1.94 bits per heavy atom. The lowest BCUT2D eigenvalue weighted by Gasteiger charge is -2.16. The van der Waals surface area contributed by atoms with Gasteiger partial charge in [0.25, 0.3) is 0 Å². The summed E-state index contributed by atoms with van der Waals surface area (Å²) in [6.45, 7) is 9.88. The summed E-state index contributed by atoms with van der Waals surface area (Å²) in [5.41, 5.74) is 6.37. The van der Waals surface area contributed by atoms with Gasteiger partial charge >= 0.3 is 5.97 Å². The highest BCUT2D eigenvalue weighted by atomic mass is 32.1. The second-order valence-electron chi connectivity index (χ2n) is 5.55. The van der Waals surface area contributed by atoms with Crippen molar-refractivity contribution in [2.24, 2.45) is 11.7 Å². The van der Waals surface area contributed by atoms with E-state index in [0.717, 1.165) is 0 Å². The third-order valence-corrected chi connectivity index (χ3v) is 3.70. The Morgan fingerprint density at radius 3 is 2.24 bits per heavy atom. The molecule has 0 amide bonds. The van der Waals surface area contributed by atoms with Crippen LogP contribution in [0.3, 0.4) is 0 Å². The van der Waals surface area contributed by atoms with E-state index in [4.69, 9.17) is 5.73 Å². The second-order valence-corrected chi connectivity index (χ2v) is 6.59. The summed E-state index contributed by atoms with van der Waals surface area (Å²) < 4.78 is 0. The normalized spacial score (nSPS) is 14.1. The van der Waals surface area contributed by atoms with E-state index in [2.05, 4.69) is 4.98 Å². The molecular formula is C12H20N2O2S. The van der Waals surface area contributed by atoms with Crippen LogP contribution >= 0.6 is 11.3 Å². The van der Waals surface area contributed by atoms with Crippen molar-refractivity contribution in [3.05, 3.63) is 15.6 Å². The third kappa shape index (κ3) is 3.04. The fraction of sp³-hybridized carbons (Fsp3) is 0.667. The summed E-state index contributed by atoms with van der Waals surface area (Å²) in [5, 5.41) is 9.90. The van der Waals surface area contributed by atoms with Crippen LogP contribution in [-0.2, 0) is 5.41 Å². The minimum atomic E-state index is -0.922. The predicted octanol–water partition coefficient (Wildman–Crippen LogP) is 2.79. The van der Waals surface area contributed by atoms with Gasteiger partial charge in [0.15, 0.2) is 0 Å². The first kappa shape index (κ1) is 14.1. The number of aromatic nitrogens is 1. The monoisotopic (exact) mass is 256 g/mol. The van der Waals surface area contributed by atoms with Gasteiger partial charge in [0.1, 0.15) is 9.88 Å². The molecule has 0 saturated heterocycles. The van der Waals surface area contributed by atoms with E-state index in [1.165, 1.54) is 11.3 Å². The van der Waals surface area contributed by atoms with Crippen LogP contribution in [0.5, 0.6) is 0 Å². The molecule has 1 atom stereocenters. The summed E-state index contributed by atoms with van der Waals surface area (Å²) in [6, 6.07) is -0.200. The highest BCUT2D eigenvalue weighted by molar-refractivity contribution is 7.13. The third-order valence-electron chi connectivity index (χ3n) is 2.55. The second kappa shape index (κ2) is 4.74. The average molecular weight is 256 g/mol. The molecule has 0 bridgehead atoms. The molecule has 1 unspecified atom stereocenters.